The van der Waals surface area contributed by atoms with Gasteiger partial charge in [0.2, 0.25) is 10.6 Å². The van der Waals surface area contributed by atoms with Gasteiger partial charge in [0, 0.05) is 18.8 Å². The highest BCUT2D eigenvalue weighted by atomic mass is 79.9. The lowest BCUT2D eigenvalue weighted by Gasteiger charge is -2.26. The van der Waals surface area contributed by atoms with Gasteiger partial charge in [-0.1, -0.05) is 0 Å². The van der Waals surface area contributed by atoms with Crippen molar-refractivity contribution in [1.29, 1.82) is 0 Å². The number of halogens is 2. The Kier molecular flexibility index (Phi) is 3.81. The third-order valence-electron chi connectivity index (χ3n) is 2.51. The number of nitrogens with zero attached hydrogens (tertiary/aromatic N) is 4. The van der Waals surface area contributed by atoms with Crippen molar-refractivity contribution in [2.75, 3.05) is 12.4 Å². The van der Waals surface area contributed by atoms with Crippen LogP contribution in [0.5, 0.6) is 0 Å². The highest BCUT2D eigenvalue weighted by Gasteiger charge is 2.22. The molecule has 0 saturated heterocycles. The van der Waals surface area contributed by atoms with Gasteiger partial charge >= 0.3 is 0 Å². The second kappa shape index (κ2) is 5.14. The molecule has 5 nitrogen and oxygen atoms in total. The summed E-state index contributed by atoms with van der Waals surface area (Å²) in [6.45, 7) is 1.95. The van der Waals surface area contributed by atoms with E-state index in [4.69, 9.17) is 11.6 Å². The standard InChI is InChI=1S/C9H12BrClN4O/c10-9-12-7-6-14(4-5-15(7)13-9)8(16)2-1-3-11/h1-6H2. The van der Waals surface area contributed by atoms with E-state index >= 15 is 0 Å². The number of hydrogen-bond acceptors (Lipinski definition) is 3. The lowest BCUT2D eigenvalue weighted by atomic mass is 10.2. The molecule has 0 fully saturated rings. The lowest BCUT2D eigenvalue weighted by molar-refractivity contribution is -0.132. The van der Waals surface area contributed by atoms with Crippen LogP contribution < -0.4 is 0 Å². The molecule has 0 aromatic carbocycles. The molecule has 0 aliphatic carbocycles. The Morgan fingerprint density at radius 1 is 1.50 bits per heavy atom. The van der Waals surface area contributed by atoms with Crippen molar-refractivity contribution >= 4 is 33.4 Å². The smallest absolute Gasteiger partial charge is 0.223 e. The Hall–Kier alpha value is -0.620. The lowest BCUT2D eigenvalue weighted by Crippen LogP contribution is -2.38. The van der Waals surface area contributed by atoms with Gasteiger partial charge in [0.05, 0.1) is 13.1 Å². The molecular formula is C9H12BrClN4O. The molecular weight excluding hydrogens is 295 g/mol. The van der Waals surface area contributed by atoms with Gasteiger partial charge in [-0.2, -0.15) is 0 Å². The van der Waals surface area contributed by atoms with Gasteiger partial charge in [-0.15, -0.1) is 16.7 Å². The highest BCUT2D eigenvalue weighted by Crippen LogP contribution is 2.14. The summed E-state index contributed by atoms with van der Waals surface area (Å²) < 4.78 is 2.41. The number of alkyl halides is 1. The first-order chi connectivity index (χ1) is 7.70. The second-order valence-electron chi connectivity index (χ2n) is 3.63. The zero-order chi connectivity index (χ0) is 11.5. The normalized spacial score (nSPS) is 15.0. The molecule has 2 rings (SSSR count). The Morgan fingerprint density at radius 2 is 2.31 bits per heavy atom. The van der Waals surface area contributed by atoms with Gasteiger partial charge in [-0.3, -0.25) is 4.79 Å². The van der Waals surface area contributed by atoms with Crippen molar-refractivity contribution in [2.24, 2.45) is 0 Å². The number of carbonyl (C=O) groups is 1. The first-order valence-electron chi connectivity index (χ1n) is 5.13. The molecule has 0 N–H and O–H groups in total. The molecule has 0 atom stereocenters. The van der Waals surface area contributed by atoms with Crippen LogP contribution in [0.4, 0.5) is 0 Å². The van der Waals surface area contributed by atoms with E-state index in [-0.39, 0.29) is 5.91 Å². The Labute approximate surface area is 107 Å². The number of carbonyl (C=O) groups excluding carboxylic acids is 1. The van der Waals surface area contributed by atoms with E-state index in [2.05, 4.69) is 26.0 Å². The number of fused-ring (bicyclic) bond motifs is 1. The first kappa shape index (κ1) is 11.9. The fraction of sp³-hybridized carbons (Fsp3) is 0.667. The molecule has 1 aromatic rings. The van der Waals surface area contributed by atoms with Crippen LogP contribution in [0.2, 0.25) is 0 Å². The molecule has 1 aromatic heterocycles. The minimum atomic E-state index is 0.144. The molecule has 0 spiro atoms. The van der Waals surface area contributed by atoms with E-state index in [9.17, 15) is 4.79 Å². The summed E-state index contributed by atoms with van der Waals surface area (Å²) in [4.78, 5) is 17.8. The largest absolute Gasteiger partial charge is 0.333 e. The minimum Gasteiger partial charge on any atom is -0.333 e. The molecule has 1 aliphatic rings. The topological polar surface area (TPSA) is 51.0 Å². The Balaban J connectivity index is 1.99. The fourth-order valence-electron chi connectivity index (χ4n) is 1.69. The van der Waals surface area contributed by atoms with E-state index in [0.717, 1.165) is 12.2 Å². The van der Waals surface area contributed by atoms with Gasteiger partial charge in [0.25, 0.3) is 0 Å². The summed E-state index contributed by atoms with van der Waals surface area (Å²) >= 11 is 8.79. The molecule has 0 bridgehead atoms. The zero-order valence-electron chi connectivity index (χ0n) is 8.70. The van der Waals surface area contributed by atoms with Crippen LogP contribution in [0.3, 0.4) is 0 Å². The van der Waals surface area contributed by atoms with E-state index in [1.807, 2.05) is 9.58 Å². The van der Waals surface area contributed by atoms with Crippen LogP contribution in [0, 0.1) is 0 Å². The summed E-state index contributed by atoms with van der Waals surface area (Å²) in [5.41, 5.74) is 0. The quantitative estimate of drug-likeness (QED) is 0.793. The molecule has 0 radical (unpaired) electrons. The molecule has 88 valence electrons. The maximum atomic E-state index is 11.8. The summed E-state index contributed by atoms with van der Waals surface area (Å²) in [6.07, 6.45) is 1.24. The van der Waals surface area contributed by atoms with Crippen LogP contribution in [-0.2, 0) is 17.9 Å². The van der Waals surface area contributed by atoms with Crippen LogP contribution in [0.1, 0.15) is 18.7 Å². The van der Waals surface area contributed by atoms with E-state index < -0.39 is 0 Å². The average molecular weight is 308 g/mol. The summed E-state index contributed by atoms with van der Waals surface area (Å²) in [5.74, 6) is 1.50. The molecule has 1 aliphatic heterocycles. The second-order valence-corrected chi connectivity index (χ2v) is 4.72. The Bertz CT molecular complexity index is 395. The molecule has 7 heteroatoms. The molecule has 2 heterocycles. The number of rotatable bonds is 3. The van der Waals surface area contributed by atoms with Crippen LogP contribution in [0.25, 0.3) is 0 Å². The van der Waals surface area contributed by atoms with Crippen LogP contribution in [0.15, 0.2) is 4.73 Å². The van der Waals surface area contributed by atoms with E-state index in [0.29, 0.717) is 36.7 Å². The van der Waals surface area contributed by atoms with Gasteiger partial charge in [-0.05, 0) is 22.4 Å². The predicted molar refractivity (Wildman–Crippen MR) is 63.1 cm³/mol. The van der Waals surface area contributed by atoms with Gasteiger partial charge in [-0.25, -0.2) is 9.67 Å². The van der Waals surface area contributed by atoms with Gasteiger partial charge in [0.15, 0.2) is 0 Å². The van der Waals surface area contributed by atoms with Crippen LogP contribution in [-0.4, -0.2) is 38.0 Å². The number of hydrogen-bond donors (Lipinski definition) is 0. The van der Waals surface area contributed by atoms with Crippen molar-refractivity contribution in [3.63, 3.8) is 0 Å². The SMILES string of the molecule is O=C(CCCCl)N1CCn2nc(Br)nc2C1. The predicted octanol–water partition coefficient (Wildman–Crippen LogP) is 1.40. The first-order valence-corrected chi connectivity index (χ1v) is 6.46. The summed E-state index contributed by atoms with van der Waals surface area (Å²) in [6, 6.07) is 0. The van der Waals surface area contributed by atoms with Crippen molar-refractivity contribution in [3.05, 3.63) is 10.6 Å². The maximum absolute atomic E-state index is 11.8. The van der Waals surface area contributed by atoms with Gasteiger partial charge in [0.1, 0.15) is 5.82 Å². The van der Waals surface area contributed by atoms with Crippen molar-refractivity contribution in [3.8, 4) is 0 Å². The minimum absolute atomic E-state index is 0.144. The highest BCUT2D eigenvalue weighted by molar-refractivity contribution is 9.10. The number of amides is 1. The van der Waals surface area contributed by atoms with Crippen molar-refractivity contribution in [2.45, 2.75) is 25.9 Å². The third-order valence-corrected chi connectivity index (χ3v) is 3.12. The third kappa shape index (κ3) is 2.55. The average Bonchev–Trinajstić information content (AvgIpc) is 2.64. The molecule has 0 unspecified atom stereocenters. The fourth-order valence-corrected chi connectivity index (χ4v) is 2.22. The molecule has 16 heavy (non-hydrogen) atoms. The monoisotopic (exact) mass is 306 g/mol. The van der Waals surface area contributed by atoms with E-state index in [1.165, 1.54) is 0 Å². The molecule has 0 saturated carbocycles. The van der Waals surface area contributed by atoms with Gasteiger partial charge < -0.3 is 4.90 Å². The Morgan fingerprint density at radius 3 is 3.06 bits per heavy atom. The van der Waals surface area contributed by atoms with Crippen molar-refractivity contribution < 1.29 is 4.79 Å². The molecule has 1 amide bonds. The zero-order valence-corrected chi connectivity index (χ0v) is 11.0. The summed E-state index contributed by atoms with van der Waals surface area (Å²) in [5, 5.41) is 4.17. The number of aromatic nitrogens is 3. The van der Waals surface area contributed by atoms with Crippen LogP contribution >= 0.6 is 27.5 Å². The van der Waals surface area contributed by atoms with Crippen molar-refractivity contribution in [1.82, 2.24) is 19.7 Å². The maximum Gasteiger partial charge on any atom is 0.223 e. The van der Waals surface area contributed by atoms with E-state index in [1.54, 1.807) is 0 Å². The summed E-state index contributed by atoms with van der Waals surface area (Å²) in [7, 11) is 0.